The number of unbranched alkanes of at least 4 members (excludes halogenated alkanes) is 40. The van der Waals surface area contributed by atoms with Crippen LogP contribution in [0.1, 0.15) is 309 Å². The van der Waals surface area contributed by atoms with Gasteiger partial charge in [-0.25, -0.2) is 0 Å². The highest BCUT2D eigenvalue weighted by Crippen LogP contribution is 2.17. The Hall–Kier alpha value is -1.17. The SMILES string of the molecule is CCCCCCCCCCCCCC/C=C\CCCCCCCCCCCC(=O)NC(CO)C(O)C(O)CCC/C=C/CCCCCCCCCCCCCCCCCCCC. The van der Waals surface area contributed by atoms with Crippen molar-refractivity contribution in [3.8, 4) is 0 Å². The van der Waals surface area contributed by atoms with Crippen molar-refractivity contribution < 1.29 is 20.1 Å². The summed E-state index contributed by atoms with van der Waals surface area (Å²) < 4.78 is 0. The zero-order chi connectivity index (χ0) is 45.1. The standard InChI is InChI=1S/C57H111NO4/c1-3-5-7-9-11-13-15-17-19-21-23-25-27-28-30-32-34-36-38-40-42-44-46-48-50-52-56(61)58-54(53-59)57(62)55(60)51-49-47-45-43-41-39-37-35-33-31-29-26-24-22-20-18-16-14-12-10-8-6-4-2/h28,30,43,45,54-55,57,59-60,62H,3-27,29,31-42,44,46-53H2,1-2H3,(H,58,61)/b30-28-,45-43+. The first-order valence-electron chi connectivity index (χ1n) is 28.1. The van der Waals surface area contributed by atoms with E-state index in [9.17, 15) is 20.1 Å². The number of aliphatic hydroxyl groups is 3. The van der Waals surface area contributed by atoms with E-state index in [2.05, 4.69) is 43.5 Å². The summed E-state index contributed by atoms with van der Waals surface area (Å²) in [6.45, 7) is 4.21. The van der Waals surface area contributed by atoms with Crippen LogP contribution >= 0.6 is 0 Å². The van der Waals surface area contributed by atoms with Crippen molar-refractivity contribution in [1.82, 2.24) is 5.32 Å². The molecular weight excluding hydrogens is 763 g/mol. The van der Waals surface area contributed by atoms with Gasteiger partial charge < -0.3 is 20.6 Å². The first-order chi connectivity index (χ1) is 30.6. The Labute approximate surface area is 388 Å². The molecule has 5 nitrogen and oxygen atoms in total. The number of amides is 1. The molecule has 0 aliphatic carbocycles. The minimum atomic E-state index is -1.16. The Bertz CT molecular complexity index is 920. The molecule has 62 heavy (non-hydrogen) atoms. The number of carbonyl (C=O) groups is 1. The minimum Gasteiger partial charge on any atom is -0.394 e. The molecule has 0 bridgehead atoms. The van der Waals surface area contributed by atoms with Gasteiger partial charge >= 0.3 is 0 Å². The molecule has 0 rings (SSSR count). The average Bonchev–Trinajstić information content (AvgIpc) is 3.28. The van der Waals surface area contributed by atoms with E-state index in [-0.39, 0.29) is 12.5 Å². The highest BCUT2D eigenvalue weighted by atomic mass is 16.3. The van der Waals surface area contributed by atoms with Gasteiger partial charge in [0.15, 0.2) is 0 Å². The van der Waals surface area contributed by atoms with Crippen LogP contribution in [0.5, 0.6) is 0 Å². The van der Waals surface area contributed by atoms with Gasteiger partial charge in [-0.2, -0.15) is 0 Å². The second-order valence-electron chi connectivity index (χ2n) is 19.5. The quantitative estimate of drug-likeness (QED) is 0.0362. The molecule has 0 saturated heterocycles. The van der Waals surface area contributed by atoms with Gasteiger partial charge in [-0.3, -0.25) is 4.79 Å². The molecule has 3 unspecified atom stereocenters. The third-order valence-electron chi connectivity index (χ3n) is 13.3. The Balaban J connectivity index is 3.57. The van der Waals surface area contributed by atoms with E-state index in [1.807, 2.05) is 0 Å². The van der Waals surface area contributed by atoms with Gasteiger partial charge in [0.2, 0.25) is 5.91 Å². The summed E-state index contributed by atoms with van der Waals surface area (Å²) in [6.07, 6.45) is 66.2. The number of aliphatic hydroxyl groups excluding tert-OH is 3. The van der Waals surface area contributed by atoms with Crippen LogP contribution in [0, 0.1) is 0 Å². The van der Waals surface area contributed by atoms with Crippen molar-refractivity contribution in [2.45, 2.75) is 327 Å². The average molecular weight is 875 g/mol. The van der Waals surface area contributed by atoms with Gasteiger partial charge in [-0.1, -0.05) is 263 Å². The Morgan fingerprint density at radius 2 is 0.645 bits per heavy atom. The van der Waals surface area contributed by atoms with E-state index in [4.69, 9.17) is 0 Å². The largest absolute Gasteiger partial charge is 0.394 e. The normalized spacial score (nSPS) is 13.4. The predicted octanol–water partition coefficient (Wildman–Crippen LogP) is 17.3. The fraction of sp³-hybridized carbons (Fsp3) is 0.912. The summed E-state index contributed by atoms with van der Waals surface area (Å²) in [4.78, 5) is 12.5. The fourth-order valence-corrected chi connectivity index (χ4v) is 8.93. The molecule has 0 aromatic rings. The summed E-state index contributed by atoms with van der Waals surface area (Å²) in [5.41, 5.74) is 0. The van der Waals surface area contributed by atoms with Crippen molar-refractivity contribution in [2.75, 3.05) is 6.61 Å². The summed E-state index contributed by atoms with van der Waals surface area (Å²) in [5, 5.41) is 33.7. The molecule has 0 aliphatic rings. The highest BCUT2D eigenvalue weighted by molar-refractivity contribution is 5.76. The van der Waals surface area contributed by atoms with Gasteiger partial charge in [0.1, 0.15) is 6.10 Å². The first-order valence-corrected chi connectivity index (χ1v) is 28.1. The molecule has 0 aromatic heterocycles. The number of hydrogen-bond donors (Lipinski definition) is 4. The van der Waals surface area contributed by atoms with Gasteiger partial charge in [0.25, 0.3) is 0 Å². The molecule has 1 amide bonds. The summed E-state index contributed by atoms with van der Waals surface area (Å²) in [6, 6.07) is -0.827. The fourth-order valence-electron chi connectivity index (χ4n) is 8.93. The lowest BCUT2D eigenvalue weighted by Gasteiger charge is -2.26. The number of nitrogens with one attached hydrogen (secondary N) is 1. The van der Waals surface area contributed by atoms with Crippen LogP contribution in [0.2, 0.25) is 0 Å². The maximum atomic E-state index is 12.5. The maximum absolute atomic E-state index is 12.5. The van der Waals surface area contributed by atoms with Crippen molar-refractivity contribution in [1.29, 1.82) is 0 Å². The maximum Gasteiger partial charge on any atom is 0.220 e. The lowest BCUT2D eigenvalue weighted by atomic mass is 10.0. The lowest BCUT2D eigenvalue weighted by Crippen LogP contribution is -2.50. The third-order valence-corrected chi connectivity index (χ3v) is 13.3. The molecule has 0 aliphatic heterocycles. The van der Waals surface area contributed by atoms with Gasteiger partial charge in [-0.15, -0.1) is 0 Å². The molecule has 0 saturated carbocycles. The predicted molar refractivity (Wildman–Crippen MR) is 273 cm³/mol. The lowest BCUT2D eigenvalue weighted by molar-refractivity contribution is -0.124. The van der Waals surface area contributed by atoms with Crippen LogP contribution < -0.4 is 5.32 Å². The zero-order valence-electron chi connectivity index (χ0n) is 42.0. The van der Waals surface area contributed by atoms with Crippen LogP contribution in [0.4, 0.5) is 0 Å². The van der Waals surface area contributed by atoms with E-state index in [0.29, 0.717) is 12.8 Å². The molecule has 3 atom stereocenters. The second-order valence-corrected chi connectivity index (χ2v) is 19.5. The molecule has 0 radical (unpaired) electrons. The summed E-state index contributed by atoms with van der Waals surface area (Å²) in [5.74, 6) is -0.152. The second kappa shape index (κ2) is 52.5. The van der Waals surface area contributed by atoms with Crippen LogP contribution in [-0.4, -0.2) is 46.1 Å². The third kappa shape index (κ3) is 46.8. The van der Waals surface area contributed by atoms with Crippen LogP contribution in [0.25, 0.3) is 0 Å². The topological polar surface area (TPSA) is 89.8 Å². The molecule has 0 heterocycles. The van der Waals surface area contributed by atoms with E-state index in [1.54, 1.807) is 0 Å². The smallest absolute Gasteiger partial charge is 0.220 e. The Morgan fingerprint density at radius 3 is 0.935 bits per heavy atom. The Morgan fingerprint density at radius 1 is 0.387 bits per heavy atom. The minimum absolute atomic E-state index is 0.152. The molecule has 0 fully saturated rings. The van der Waals surface area contributed by atoms with Crippen LogP contribution in [0.15, 0.2) is 24.3 Å². The van der Waals surface area contributed by atoms with E-state index >= 15 is 0 Å². The number of allylic oxidation sites excluding steroid dienone is 4. The number of carbonyl (C=O) groups excluding carboxylic acids is 1. The number of rotatable bonds is 52. The van der Waals surface area contributed by atoms with Crippen molar-refractivity contribution in [3.63, 3.8) is 0 Å². The van der Waals surface area contributed by atoms with Crippen molar-refractivity contribution in [2.24, 2.45) is 0 Å². The summed E-state index contributed by atoms with van der Waals surface area (Å²) in [7, 11) is 0. The number of hydrogen-bond acceptors (Lipinski definition) is 4. The molecule has 5 heteroatoms. The van der Waals surface area contributed by atoms with Crippen LogP contribution in [-0.2, 0) is 4.79 Å². The monoisotopic (exact) mass is 874 g/mol. The highest BCUT2D eigenvalue weighted by Gasteiger charge is 2.26. The van der Waals surface area contributed by atoms with Gasteiger partial charge in [0.05, 0.1) is 18.8 Å². The van der Waals surface area contributed by atoms with E-state index in [0.717, 1.165) is 38.5 Å². The van der Waals surface area contributed by atoms with E-state index in [1.165, 1.54) is 244 Å². The Kier molecular flexibility index (Phi) is 51.5. The van der Waals surface area contributed by atoms with Crippen molar-refractivity contribution in [3.05, 3.63) is 24.3 Å². The molecule has 4 N–H and O–H groups in total. The molecule has 0 spiro atoms. The summed E-state index contributed by atoms with van der Waals surface area (Å²) >= 11 is 0. The molecular formula is C57H111NO4. The van der Waals surface area contributed by atoms with Gasteiger partial charge in [-0.05, 0) is 64.2 Å². The zero-order valence-corrected chi connectivity index (χ0v) is 42.0. The molecule has 0 aromatic carbocycles. The van der Waals surface area contributed by atoms with Crippen LogP contribution in [0.3, 0.4) is 0 Å². The first kappa shape index (κ1) is 60.8. The van der Waals surface area contributed by atoms with Gasteiger partial charge in [0, 0.05) is 6.42 Å². The molecule has 368 valence electrons. The van der Waals surface area contributed by atoms with E-state index < -0.39 is 18.2 Å². The van der Waals surface area contributed by atoms with Crippen molar-refractivity contribution >= 4 is 5.91 Å².